The van der Waals surface area contributed by atoms with Gasteiger partial charge in [-0.3, -0.25) is 14.2 Å². The van der Waals surface area contributed by atoms with Crippen molar-refractivity contribution in [3.05, 3.63) is 0 Å². The lowest BCUT2D eigenvalue weighted by Crippen LogP contribution is -2.29. The third-order valence-corrected chi connectivity index (χ3v) is 4.65. The molecule has 22 heavy (non-hydrogen) atoms. The van der Waals surface area contributed by atoms with Gasteiger partial charge in [-0.15, -0.1) is 0 Å². The van der Waals surface area contributed by atoms with E-state index in [-0.39, 0.29) is 25.8 Å². The Morgan fingerprint density at radius 1 is 1.09 bits per heavy atom. The van der Waals surface area contributed by atoms with E-state index >= 15 is 0 Å². The number of rotatable bonds is 9. The van der Waals surface area contributed by atoms with Gasteiger partial charge in [-0.05, 0) is 34.6 Å². The average Bonchev–Trinajstić information content (AvgIpc) is 2.35. The molecular weight excluding hydrogens is 311 g/mol. The molecule has 0 amide bonds. The van der Waals surface area contributed by atoms with Crippen molar-refractivity contribution < 1.29 is 32.7 Å². The van der Waals surface area contributed by atoms with Crippen LogP contribution < -0.4 is 0 Å². The predicted octanol–water partition coefficient (Wildman–Crippen LogP) is 2.77. The van der Waals surface area contributed by atoms with Crippen molar-refractivity contribution >= 4 is 19.5 Å². The second-order valence-corrected chi connectivity index (χ2v) is 7.74. The number of hydrogen-bond acceptors (Lipinski definition) is 7. The van der Waals surface area contributed by atoms with Gasteiger partial charge in [0.05, 0.1) is 38.8 Å². The molecule has 130 valence electrons. The number of ether oxygens (including phenoxy) is 2. The van der Waals surface area contributed by atoms with Gasteiger partial charge in [0.2, 0.25) is 0 Å². The Labute approximate surface area is 132 Å². The van der Waals surface area contributed by atoms with Crippen LogP contribution in [0.15, 0.2) is 0 Å². The fourth-order valence-corrected chi connectivity index (χ4v) is 3.67. The average molecular weight is 338 g/mol. The molecule has 0 aliphatic rings. The van der Waals surface area contributed by atoms with Gasteiger partial charge < -0.3 is 18.5 Å². The SMILES string of the molecule is CCOP(=O)(CC(CC(=O)OC(C)(C)C)C(=O)OC)OCC. The largest absolute Gasteiger partial charge is 0.469 e. The van der Waals surface area contributed by atoms with Crippen LogP contribution >= 0.6 is 7.60 Å². The third kappa shape index (κ3) is 8.51. The second-order valence-electron chi connectivity index (χ2n) is 5.64. The van der Waals surface area contributed by atoms with Gasteiger partial charge in [-0.25, -0.2) is 0 Å². The van der Waals surface area contributed by atoms with Gasteiger partial charge in [-0.2, -0.15) is 0 Å². The lowest BCUT2D eigenvalue weighted by atomic mass is 10.1. The summed E-state index contributed by atoms with van der Waals surface area (Å²) in [5.74, 6) is -2.16. The smallest absolute Gasteiger partial charge is 0.331 e. The molecular formula is C14H27O7P. The highest BCUT2D eigenvalue weighted by Gasteiger charge is 2.35. The molecule has 0 saturated heterocycles. The molecule has 0 aromatic rings. The van der Waals surface area contributed by atoms with Crippen LogP contribution in [0.4, 0.5) is 0 Å². The number of carbonyl (C=O) groups excluding carboxylic acids is 2. The van der Waals surface area contributed by atoms with Crippen LogP contribution in [0.2, 0.25) is 0 Å². The highest BCUT2D eigenvalue weighted by molar-refractivity contribution is 7.53. The molecule has 0 aliphatic carbocycles. The van der Waals surface area contributed by atoms with E-state index in [1.165, 1.54) is 7.11 Å². The van der Waals surface area contributed by atoms with Gasteiger partial charge in [0.25, 0.3) is 0 Å². The molecule has 0 rings (SSSR count). The summed E-state index contributed by atoms with van der Waals surface area (Å²) in [5, 5.41) is 0. The Bertz CT molecular complexity index is 404. The molecule has 1 atom stereocenters. The molecule has 0 saturated carbocycles. The molecule has 0 heterocycles. The maximum Gasteiger partial charge on any atom is 0.331 e. The predicted molar refractivity (Wildman–Crippen MR) is 81.7 cm³/mol. The van der Waals surface area contributed by atoms with E-state index in [2.05, 4.69) is 4.74 Å². The fourth-order valence-electron chi connectivity index (χ4n) is 1.78. The Balaban J connectivity index is 5.02. The molecule has 0 spiro atoms. The van der Waals surface area contributed by atoms with Gasteiger partial charge in [0, 0.05) is 0 Å². The van der Waals surface area contributed by atoms with Crippen LogP contribution in [0, 0.1) is 5.92 Å². The van der Waals surface area contributed by atoms with Crippen molar-refractivity contribution in [3.8, 4) is 0 Å². The standard InChI is InChI=1S/C14H27O7P/c1-7-19-22(17,20-8-2)10-11(13(16)18-6)9-12(15)21-14(3,4)5/h11H,7-10H2,1-6H3. The summed E-state index contributed by atoms with van der Waals surface area (Å²) in [6.07, 6.45) is -0.464. The van der Waals surface area contributed by atoms with Gasteiger partial charge >= 0.3 is 19.5 Å². The molecule has 0 N–H and O–H groups in total. The summed E-state index contributed by atoms with van der Waals surface area (Å²) in [4.78, 5) is 23.7. The molecule has 0 fully saturated rings. The molecule has 0 radical (unpaired) electrons. The van der Waals surface area contributed by atoms with Crippen molar-refractivity contribution in [2.24, 2.45) is 5.92 Å². The highest BCUT2D eigenvalue weighted by Crippen LogP contribution is 2.50. The maximum absolute atomic E-state index is 12.5. The normalized spacial score (nSPS) is 13.5. The molecule has 1 unspecified atom stereocenters. The van der Waals surface area contributed by atoms with E-state index in [4.69, 9.17) is 13.8 Å². The highest BCUT2D eigenvalue weighted by atomic mass is 31.2. The molecule has 7 nitrogen and oxygen atoms in total. The molecule has 0 aliphatic heterocycles. The zero-order valence-electron chi connectivity index (χ0n) is 14.2. The summed E-state index contributed by atoms with van der Waals surface area (Å²) in [5.41, 5.74) is -0.665. The van der Waals surface area contributed by atoms with E-state index in [0.717, 1.165) is 0 Å². The summed E-state index contributed by atoms with van der Waals surface area (Å²) < 4.78 is 32.7. The van der Waals surface area contributed by atoms with Gasteiger partial charge in [0.1, 0.15) is 5.60 Å². The number of carbonyl (C=O) groups is 2. The molecule has 0 aromatic carbocycles. The van der Waals surface area contributed by atoms with E-state index in [1.54, 1.807) is 34.6 Å². The Kier molecular flexibility index (Phi) is 8.89. The lowest BCUT2D eigenvalue weighted by Gasteiger charge is -2.23. The topological polar surface area (TPSA) is 88.1 Å². The zero-order valence-corrected chi connectivity index (χ0v) is 15.1. The molecule has 0 aromatic heterocycles. The van der Waals surface area contributed by atoms with E-state index in [1.807, 2.05) is 0 Å². The Morgan fingerprint density at radius 2 is 1.59 bits per heavy atom. The van der Waals surface area contributed by atoms with Crippen LogP contribution in [0.5, 0.6) is 0 Å². The van der Waals surface area contributed by atoms with E-state index in [0.29, 0.717) is 0 Å². The first-order chi connectivity index (χ1) is 10.1. The monoisotopic (exact) mass is 338 g/mol. The molecule has 8 heteroatoms. The minimum Gasteiger partial charge on any atom is -0.469 e. The van der Waals surface area contributed by atoms with Crippen molar-refractivity contribution in [2.45, 2.75) is 46.6 Å². The number of esters is 2. The van der Waals surface area contributed by atoms with Crippen LogP contribution in [-0.4, -0.2) is 44.0 Å². The van der Waals surface area contributed by atoms with E-state index < -0.39 is 31.1 Å². The van der Waals surface area contributed by atoms with Crippen molar-refractivity contribution in [2.75, 3.05) is 26.5 Å². The van der Waals surface area contributed by atoms with Crippen LogP contribution in [0.1, 0.15) is 41.0 Å². The minimum absolute atomic E-state index is 0.178. The molecule has 0 bridgehead atoms. The van der Waals surface area contributed by atoms with Crippen LogP contribution in [0.3, 0.4) is 0 Å². The number of hydrogen-bond donors (Lipinski definition) is 0. The van der Waals surface area contributed by atoms with Gasteiger partial charge in [-0.1, -0.05) is 0 Å². The third-order valence-electron chi connectivity index (χ3n) is 2.46. The van der Waals surface area contributed by atoms with Crippen LogP contribution in [0.25, 0.3) is 0 Å². The van der Waals surface area contributed by atoms with Crippen molar-refractivity contribution in [1.82, 2.24) is 0 Å². The van der Waals surface area contributed by atoms with Crippen molar-refractivity contribution in [1.29, 1.82) is 0 Å². The summed E-state index contributed by atoms with van der Waals surface area (Å²) >= 11 is 0. The summed E-state index contributed by atoms with van der Waals surface area (Å²) in [6, 6.07) is 0. The van der Waals surface area contributed by atoms with Crippen molar-refractivity contribution in [3.63, 3.8) is 0 Å². The first-order valence-electron chi connectivity index (χ1n) is 7.24. The van der Waals surface area contributed by atoms with Gasteiger partial charge in [0.15, 0.2) is 0 Å². The summed E-state index contributed by atoms with van der Waals surface area (Å²) in [6.45, 7) is 8.88. The van der Waals surface area contributed by atoms with E-state index in [9.17, 15) is 14.2 Å². The lowest BCUT2D eigenvalue weighted by molar-refractivity contribution is -0.160. The minimum atomic E-state index is -3.46. The number of methoxy groups -OCH3 is 1. The Morgan fingerprint density at radius 3 is 1.95 bits per heavy atom. The summed E-state index contributed by atoms with van der Waals surface area (Å²) in [7, 11) is -2.25. The maximum atomic E-state index is 12.5. The first-order valence-corrected chi connectivity index (χ1v) is 8.97. The van der Waals surface area contributed by atoms with Crippen LogP contribution in [-0.2, 0) is 32.7 Å². The quantitative estimate of drug-likeness (QED) is 0.472. The fraction of sp³-hybridized carbons (Fsp3) is 0.857. The first kappa shape index (κ1) is 21.1. The second kappa shape index (κ2) is 9.28. The zero-order chi connectivity index (χ0) is 17.4. The Hall–Kier alpha value is -0.910.